The minimum absolute atomic E-state index is 0.0185. The SMILES string of the molecule is C[C@H](NC(=O)[C@@H]1CCCN1)[C@@H](O)c1ccccc1. The van der Waals surface area contributed by atoms with Crippen LogP contribution in [0.3, 0.4) is 0 Å². The number of hydrogen-bond donors (Lipinski definition) is 3. The topological polar surface area (TPSA) is 61.4 Å². The van der Waals surface area contributed by atoms with Gasteiger partial charge in [0.25, 0.3) is 0 Å². The van der Waals surface area contributed by atoms with E-state index in [1.165, 1.54) is 0 Å². The highest BCUT2D eigenvalue weighted by Gasteiger charge is 2.25. The van der Waals surface area contributed by atoms with E-state index in [9.17, 15) is 9.90 Å². The lowest BCUT2D eigenvalue weighted by Gasteiger charge is -2.22. The molecule has 0 saturated carbocycles. The van der Waals surface area contributed by atoms with Gasteiger partial charge in [-0.2, -0.15) is 0 Å². The summed E-state index contributed by atoms with van der Waals surface area (Å²) in [5.41, 5.74) is 0.824. The van der Waals surface area contributed by atoms with E-state index in [0.29, 0.717) is 0 Å². The molecule has 3 N–H and O–H groups in total. The molecule has 4 heteroatoms. The number of hydrogen-bond acceptors (Lipinski definition) is 3. The molecule has 2 rings (SSSR count). The average molecular weight is 248 g/mol. The van der Waals surface area contributed by atoms with Gasteiger partial charge >= 0.3 is 0 Å². The van der Waals surface area contributed by atoms with Gasteiger partial charge in [0.2, 0.25) is 5.91 Å². The van der Waals surface area contributed by atoms with Crippen LogP contribution in [0.4, 0.5) is 0 Å². The molecule has 1 aromatic rings. The van der Waals surface area contributed by atoms with Crippen LogP contribution < -0.4 is 10.6 Å². The maximum atomic E-state index is 11.9. The van der Waals surface area contributed by atoms with E-state index >= 15 is 0 Å². The van der Waals surface area contributed by atoms with Crippen molar-refractivity contribution in [3.05, 3.63) is 35.9 Å². The average Bonchev–Trinajstić information content (AvgIpc) is 2.92. The van der Waals surface area contributed by atoms with Crippen LogP contribution in [-0.4, -0.2) is 29.6 Å². The van der Waals surface area contributed by atoms with Gasteiger partial charge in [0.1, 0.15) is 0 Å². The van der Waals surface area contributed by atoms with Crippen molar-refractivity contribution >= 4 is 5.91 Å². The fourth-order valence-corrected chi connectivity index (χ4v) is 2.25. The third-order valence-corrected chi connectivity index (χ3v) is 3.36. The summed E-state index contributed by atoms with van der Waals surface area (Å²) < 4.78 is 0. The molecule has 1 aliphatic rings. The van der Waals surface area contributed by atoms with E-state index in [1.807, 2.05) is 37.3 Å². The number of nitrogens with one attached hydrogen (secondary N) is 2. The fraction of sp³-hybridized carbons (Fsp3) is 0.500. The van der Waals surface area contributed by atoms with Crippen molar-refractivity contribution in [2.45, 2.75) is 38.0 Å². The molecule has 0 spiro atoms. The molecule has 0 aliphatic carbocycles. The fourth-order valence-electron chi connectivity index (χ4n) is 2.25. The first-order chi connectivity index (χ1) is 8.68. The van der Waals surface area contributed by atoms with Crippen LogP contribution in [0.25, 0.3) is 0 Å². The molecule has 1 aromatic carbocycles. The largest absolute Gasteiger partial charge is 0.386 e. The molecule has 98 valence electrons. The van der Waals surface area contributed by atoms with Crippen LogP contribution in [0, 0.1) is 0 Å². The molecular weight excluding hydrogens is 228 g/mol. The second kappa shape index (κ2) is 5.98. The summed E-state index contributed by atoms with van der Waals surface area (Å²) in [7, 11) is 0. The van der Waals surface area contributed by atoms with Gasteiger partial charge in [-0.15, -0.1) is 0 Å². The van der Waals surface area contributed by atoms with Gasteiger partial charge in [-0.3, -0.25) is 4.79 Å². The Kier molecular flexibility index (Phi) is 4.33. The summed E-state index contributed by atoms with van der Waals surface area (Å²) >= 11 is 0. The highest BCUT2D eigenvalue weighted by atomic mass is 16.3. The van der Waals surface area contributed by atoms with Crippen LogP contribution in [0.2, 0.25) is 0 Å². The number of benzene rings is 1. The molecule has 3 atom stereocenters. The van der Waals surface area contributed by atoms with Crippen LogP contribution in [0.15, 0.2) is 30.3 Å². The molecule has 1 saturated heterocycles. The van der Waals surface area contributed by atoms with Crippen LogP contribution in [0.1, 0.15) is 31.4 Å². The Hall–Kier alpha value is -1.39. The standard InChI is InChI=1S/C14H20N2O2/c1-10(13(17)11-6-3-2-4-7-11)16-14(18)12-8-5-9-15-12/h2-4,6-7,10,12-13,15,17H,5,8-9H2,1H3,(H,16,18)/t10-,12-,13+/m0/s1. The van der Waals surface area contributed by atoms with Crippen molar-refractivity contribution in [2.75, 3.05) is 6.54 Å². The van der Waals surface area contributed by atoms with E-state index in [-0.39, 0.29) is 18.0 Å². The lowest BCUT2D eigenvalue weighted by molar-refractivity contribution is -0.124. The Morgan fingerprint density at radius 3 is 2.78 bits per heavy atom. The lowest BCUT2D eigenvalue weighted by atomic mass is 10.0. The number of rotatable bonds is 4. The van der Waals surface area contributed by atoms with Crippen LogP contribution in [0.5, 0.6) is 0 Å². The smallest absolute Gasteiger partial charge is 0.237 e. The molecule has 0 unspecified atom stereocenters. The predicted octanol–water partition coefficient (Wildman–Crippen LogP) is 0.977. The van der Waals surface area contributed by atoms with E-state index < -0.39 is 6.10 Å². The zero-order chi connectivity index (χ0) is 13.0. The minimum Gasteiger partial charge on any atom is -0.386 e. The summed E-state index contributed by atoms with van der Waals surface area (Å²) in [6, 6.07) is 9.00. The van der Waals surface area contributed by atoms with Crippen molar-refractivity contribution in [3.8, 4) is 0 Å². The molecule has 0 bridgehead atoms. The molecular formula is C14H20N2O2. The van der Waals surface area contributed by atoms with Gasteiger partial charge in [-0.25, -0.2) is 0 Å². The third kappa shape index (κ3) is 3.09. The van der Waals surface area contributed by atoms with E-state index in [0.717, 1.165) is 24.9 Å². The van der Waals surface area contributed by atoms with Crippen molar-refractivity contribution in [2.24, 2.45) is 0 Å². The number of aliphatic hydroxyl groups excluding tert-OH is 1. The van der Waals surface area contributed by atoms with Crippen molar-refractivity contribution < 1.29 is 9.90 Å². The van der Waals surface area contributed by atoms with Crippen molar-refractivity contribution in [1.82, 2.24) is 10.6 Å². The second-order valence-electron chi connectivity index (χ2n) is 4.80. The van der Waals surface area contributed by atoms with Crippen LogP contribution >= 0.6 is 0 Å². The zero-order valence-electron chi connectivity index (χ0n) is 10.6. The molecule has 1 fully saturated rings. The monoisotopic (exact) mass is 248 g/mol. The number of carbonyl (C=O) groups is 1. The first-order valence-electron chi connectivity index (χ1n) is 6.45. The third-order valence-electron chi connectivity index (χ3n) is 3.36. The Morgan fingerprint density at radius 1 is 1.44 bits per heavy atom. The molecule has 1 heterocycles. The predicted molar refractivity (Wildman–Crippen MR) is 70.0 cm³/mol. The Labute approximate surface area is 107 Å². The van der Waals surface area contributed by atoms with Gasteiger partial charge in [-0.05, 0) is 31.9 Å². The molecule has 1 amide bonds. The number of amides is 1. The quantitative estimate of drug-likeness (QED) is 0.744. The van der Waals surface area contributed by atoms with Gasteiger partial charge in [0.15, 0.2) is 0 Å². The first kappa shape index (κ1) is 13.1. The summed E-state index contributed by atoms with van der Waals surface area (Å²) in [5.74, 6) is -0.0185. The van der Waals surface area contributed by atoms with Crippen LogP contribution in [-0.2, 0) is 4.79 Å². The summed E-state index contributed by atoms with van der Waals surface area (Å²) in [4.78, 5) is 11.9. The molecule has 18 heavy (non-hydrogen) atoms. The van der Waals surface area contributed by atoms with Crippen molar-refractivity contribution in [1.29, 1.82) is 0 Å². The minimum atomic E-state index is -0.670. The molecule has 1 aliphatic heterocycles. The van der Waals surface area contributed by atoms with E-state index in [4.69, 9.17) is 0 Å². The summed E-state index contributed by atoms with van der Waals surface area (Å²) in [6.45, 7) is 2.72. The Balaban J connectivity index is 1.91. The van der Waals surface area contributed by atoms with Gasteiger partial charge in [-0.1, -0.05) is 30.3 Å². The molecule has 0 radical (unpaired) electrons. The van der Waals surface area contributed by atoms with Crippen molar-refractivity contribution in [3.63, 3.8) is 0 Å². The first-order valence-corrected chi connectivity index (χ1v) is 6.45. The Bertz CT molecular complexity index is 388. The maximum Gasteiger partial charge on any atom is 0.237 e. The van der Waals surface area contributed by atoms with E-state index in [1.54, 1.807) is 0 Å². The second-order valence-corrected chi connectivity index (χ2v) is 4.80. The maximum absolute atomic E-state index is 11.9. The normalized spacial score (nSPS) is 22.4. The Morgan fingerprint density at radius 2 is 2.17 bits per heavy atom. The summed E-state index contributed by atoms with van der Waals surface area (Å²) in [6.07, 6.45) is 1.24. The lowest BCUT2D eigenvalue weighted by Crippen LogP contribution is -2.46. The number of carbonyl (C=O) groups excluding carboxylic acids is 1. The number of aliphatic hydroxyl groups is 1. The highest BCUT2D eigenvalue weighted by Crippen LogP contribution is 2.16. The summed E-state index contributed by atoms with van der Waals surface area (Å²) in [5, 5.41) is 16.2. The molecule has 4 nitrogen and oxygen atoms in total. The van der Waals surface area contributed by atoms with Gasteiger partial charge in [0, 0.05) is 0 Å². The zero-order valence-corrected chi connectivity index (χ0v) is 10.6. The molecule has 0 aromatic heterocycles. The van der Waals surface area contributed by atoms with E-state index in [2.05, 4.69) is 10.6 Å². The highest BCUT2D eigenvalue weighted by molar-refractivity contribution is 5.82. The van der Waals surface area contributed by atoms with Gasteiger partial charge < -0.3 is 15.7 Å². The van der Waals surface area contributed by atoms with Gasteiger partial charge in [0.05, 0.1) is 18.2 Å².